The van der Waals surface area contributed by atoms with Crippen molar-refractivity contribution < 1.29 is 14.3 Å². The van der Waals surface area contributed by atoms with E-state index in [2.05, 4.69) is 15.4 Å². The van der Waals surface area contributed by atoms with Gasteiger partial charge in [0.05, 0.1) is 14.2 Å². The molecular weight excluding hydrogens is 380 g/mol. The number of hydrogen-bond acceptors (Lipinski definition) is 6. The summed E-state index contributed by atoms with van der Waals surface area (Å²) in [6, 6.07) is 15.5. The molecular formula is C23H22N4O3. The summed E-state index contributed by atoms with van der Waals surface area (Å²) in [4.78, 5) is 17.8. The van der Waals surface area contributed by atoms with Crippen molar-refractivity contribution in [1.82, 2.24) is 14.8 Å². The number of carbonyl (C=O) groups is 1. The van der Waals surface area contributed by atoms with Crippen molar-refractivity contribution in [1.29, 1.82) is 0 Å². The number of hydrogen-bond donors (Lipinski definition) is 1. The second-order valence-electron chi connectivity index (χ2n) is 7.49. The minimum Gasteiger partial charge on any atom is -0.497 e. The van der Waals surface area contributed by atoms with Crippen LogP contribution in [0.5, 0.6) is 11.5 Å². The molecule has 30 heavy (non-hydrogen) atoms. The van der Waals surface area contributed by atoms with Crippen molar-refractivity contribution in [2.75, 3.05) is 19.5 Å². The first-order valence-corrected chi connectivity index (χ1v) is 9.89. The van der Waals surface area contributed by atoms with Crippen molar-refractivity contribution >= 4 is 11.7 Å². The number of fused-ring (bicyclic) bond motifs is 1. The van der Waals surface area contributed by atoms with Gasteiger partial charge in [0.25, 0.3) is 0 Å². The zero-order valence-corrected chi connectivity index (χ0v) is 16.8. The van der Waals surface area contributed by atoms with Crippen LogP contribution in [-0.4, -0.2) is 34.8 Å². The van der Waals surface area contributed by atoms with Crippen LogP contribution in [0.15, 0.2) is 66.1 Å². The number of ketones is 1. The molecule has 152 valence electrons. The molecule has 0 saturated carbocycles. The summed E-state index contributed by atoms with van der Waals surface area (Å²) in [6.07, 6.45) is 2.63. The fourth-order valence-electron chi connectivity index (χ4n) is 4.47. The van der Waals surface area contributed by atoms with Crippen molar-refractivity contribution in [2.24, 2.45) is 0 Å². The zero-order valence-electron chi connectivity index (χ0n) is 16.8. The topological polar surface area (TPSA) is 78.3 Å². The molecule has 7 nitrogen and oxygen atoms in total. The molecule has 2 heterocycles. The highest BCUT2D eigenvalue weighted by Crippen LogP contribution is 2.45. The number of rotatable bonds is 4. The van der Waals surface area contributed by atoms with Crippen LogP contribution < -0.4 is 14.8 Å². The maximum Gasteiger partial charge on any atom is 0.226 e. The monoisotopic (exact) mass is 402 g/mol. The predicted molar refractivity (Wildman–Crippen MR) is 112 cm³/mol. The summed E-state index contributed by atoms with van der Waals surface area (Å²) >= 11 is 0. The Bertz CT molecular complexity index is 1140. The van der Waals surface area contributed by atoms with Crippen LogP contribution in [0.25, 0.3) is 0 Å². The molecule has 0 unspecified atom stereocenters. The molecule has 0 saturated heterocycles. The lowest BCUT2D eigenvalue weighted by molar-refractivity contribution is -0.116. The third kappa shape index (κ3) is 2.94. The number of methoxy groups -OCH3 is 2. The number of benzene rings is 2. The zero-order chi connectivity index (χ0) is 20.7. The number of Topliss-reactive ketones (excluding diaryl/α,β-unsaturated/α-hetero) is 1. The van der Waals surface area contributed by atoms with Crippen molar-refractivity contribution in [2.45, 2.75) is 24.8 Å². The number of allylic oxidation sites excluding steroid dienone is 2. The fourth-order valence-corrected chi connectivity index (χ4v) is 4.47. The first kappa shape index (κ1) is 18.4. The highest BCUT2D eigenvalue weighted by Gasteiger charge is 2.39. The largest absolute Gasteiger partial charge is 0.497 e. The number of ether oxygens (including phenoxy) is 2. The minimum absolute atomic E-state index is 0.00972. The van der Waals surface area contributed by atoms with E-state index < -0.39 is 0 Å². The Morgan fingerprint density at radius 2 is 1.90 bits per heavy atom. The molecule has 2 aliphatic rings. The first-order chi connectivity index (χ1) is 14.7. The average Bonchev–Trinajstić information content (AvgIpc) is 3.25. The Labute approximate surface area is 174 Å². The highest BCUT2D eigenvalue weighted by molar-refractivity contribution is 6.00. The van der Waals surface area contributed by atoms with E-state index in [-0.39, 0.29) is 17.7 Å². The molecule has 0 fully saturated rings. The van der Waals surface area contributed by atoms with E-state index in [1.54, 1.807) is 18.9 Å². The van der Waals surface area contributed by atoms with Crippen LogP contribution in [0.1, 0.15) is 35.9 Å². The van der Waals surface area contributed by atoms with Gasteiger partial charge in [-0.2, -0.15) is 10.1 Å². The van der Waals surface area contributed by atoms with E-state index in [9.17, 15) is 4.79 Å². The Kier molecular flexibility index (Phi) is 4.50. The minimum atomic E-state index is -0.272. The van der Waals surface area contributed by atoms with Crippen LogP contribution in [0, 0.1) is 0 Å². The van der Waals surface area contributed by atoms with Crippen LogP contribution in [-0.2, 0) is 4.79 Å². The number of anilines is 1. The number of nitrogens with one attached hydrogen (secondary N) is 1. The Morgan fingerprint density at radius 3 is 2.67 bits per heavy atom. The van der Waals surface area contributed by atoms with Crippen LogP contribution >= 0.6 is 0 Å². The molecule has 0 amide bonds. The SMILES string of the molecule is COc1ccc([C@H]2CC(=O)C3=C(C2)Nc2ncnn2[C@H]3c2ccccc2)c(OC)c1. The second-order valence-corrected chi connectivity index (χ2v) is 7.49. The Morgan fingerprint density at radius 1 is 1.07 bits per heavy atom. The predicted octanol–water partition coefficient (Wildman–Crippen LogP) is 3.71. The molecule has 0 radical (unpaired) electrons. The van der Waals surface area contributed by atoms with Gasteiger partial charge in [-0.25, -0.2) is 4.68 Å². The molecule has 1 aliphatic carbocycles. The smallest absolute Gasteiger partial charge is 0.226 e. The summed E-state index contributed by atoms with van der Waals surface area (Å²) in [6.45, 7) is 0. The van der Waals surface area contributed by atoms with Gasteiger partial charge in [0.15, 0.2) is 5.78 Å². The van der Waals surface area contributed by atoms with Gasteiger partial charge in [-0.05, 0) is 23.6 Å². The summed E-state index contributed by atoms with van der Waals surface area (Å²) in [5, 5.41) is 7.74. The lowest BCUT2D eigenvalue weighted by atomic mass is 9.77. The molecule has 2 aromatic carbocycles. The number of aromatic nitrogens is 3. The molecule has 1 aromatic heterocycles. The number of nitrogens with zero attached hydrogens (tertiary/aromatic N) is 3. The molecule has 1 aliphatic heterocycles. The summed E-state index contributed by atoms with van der Waals surface area (Å²) in [7, 11) is 3.27. The quantitative estimate of drug-likeness (QED) is 0.717. The van der Waals surface area contributed by atoms with E-state index >= 15 is 0 Å². The van der Waals surface area contributed by atoms with Crippen molar-refractivity contribution in [3.63, 3.8) is 0 Å². The normalized spacial score (nSPS) is 20.3. The summed E-state index contributed by atoms with van der Waals surface area (Å²) < 4.78 is 12.7. The third-order valence-corrected chi connectivity index (χ3v) is 5.86. The Hall–Kier alpha value is -3.61. The first-order valence-electron chi connectivity index (χ1n) is 9.89. The van der Waals surface area contributed by atoms with E-state index in [1.807, 2.05) is 48.5 Å². The van der Waals surface area contributed by atoms with E-state index in [4.69, 9.17) is 9.47 Å². The van der Waals surface area contributed by atoms with Gasteiger partial charge >= 0.3 is 0 Å². The molecule has 5 rings (SSSR count). The maximum absolute atomic E-state index is 13.4. The molecule has 1 N–H and O–H groups in total. The summed E-state index contributed by atoms with van der Waals surface area (Å²) in [5.74, 6) is 2.23. The van der Waals surface area contributed by atoms with Gasteiger partial charge in [-0.3, -0.25) is 4.79 Å². The average molecular weight is 402 g/mol. The molecule has 0 bridgehead atoms. The highest BCUT2D eigenvalue weighted by atomic mass is 16.5. The van der Waals surface area contributed by atoms with Gasteiger partial charge in [0.1, 0.15) is 23.9 Å². The molecule has 0 spiro atoms. The summed E-state index contributed by atoms with van der Waals surface area (Å²) in [5.41, 5.74) is 3.70. The second kappa shape index (κ2) is 7.33. The van der Waals surface area contributed by atoms with Crippen LogP contribution in [0.3, 0.4) is 0 Å². The van der Waals surface area contributed by atoms with Crippen molar-refractivity contribution in [3.8, 4) is 11.5 Å². The van der Waals surface area contributed by atoms with E-state index in [0.29, 0.717) is 18.8 Å². The molecule has 2 atom stereocenters. The lowest BCUT2D eigenvalue weighted by Gasteiger charge is -2.35. The number of carbonyl (C=O) groups excluding carboxylic acids is 1. The van der Waals surface area contributed by atoms with E-state index in [0.717, 1.165) is 33.9 Å². The Balaban J connectivity index is 1.57. The van der Waals surface area contributed by atoms with Gasteiger partial charge in [0, 0.05) is 29.7 Å². The maximum atomic E-state index is 13.4. The van der Waals surface area contributed by atoms with Crippen molar-refractivity contribution in [3.05, 3.63) is 77.3 Å². The van der Waals surface area contributed by atoms with Gasteiger partial charge in [-0.15, -0.1) is 0 Å². The van der Waals surface area contributed by atoms with Crippen LogP contribution in [0.4, 0.5) is 5.95 Å². The van der Waals surface area contributed by atoms with Crippen LogP contribution in [0.2, 0.25) is 0 Å². The van der Waals surface area contributed by atoms with E-state index in [1.165, 1.54) is 6.33 Å². The molecule has 3 aromatic rings. The fraction of sp³-hybridized carbons (Fsp3) is 0.261. The third-order valence-electron chi connectivity index (χ3n) is 5.86. The molecule has 7 heteroatoms. The van der Waals surface area contributed by atoms with Gasteiger partial charge in [-0.1, -0.05) is 36.4 Å². The standard InChI is InChI=1S/C23H22N4O3/c1-29-16-8-9-17(20(12-16)30-2)15-10-18-21(19(28)11-15)22(14-6-4-3-5-7-14)27-23(26-18)24-13-25-27/h3-9,12-13,15,22H,10-11H2,1-2H3,(H,24,25,26)/t15-,22+/m1/s1. The van der Waals surface area contributed by atoms with Gasteiger partial charge < -0.3 is 14.8 Å². The lowest BCUT2D eigenvalue weighted by Crippen LogP contribution is -2.33. The van der Waals surface area contributed by atoms with Gasteiger partial charge in [0.2, 0.25) is 5.95 Å².